The standard InChI is InChI=1S/C14H13F3N2O2/c1-2-20-14-11(21-14)9-10(12(15)16)18-19(13(9)17)8-6-4-3-5-7-8/h3-7,11-12,14H,2H2,1H3. The Kier molecular flexibility index (Phi) is 3.69. The van der Waals surface area contributed by atoms with Crippen molar-refractivity contribution in [3.63, 3.8) is 0 Å². The molecule has 1 aliphatic rings. The second-order valence-corrected chi connectivity index (χ2v) is 4.52. The average Bonchev–Trinajstić information content (AvgIpc) is 3.13. The lowest BCUT2D eigenvalue weighted by atomic mass is 10.2. The van der Waals surface area contributed by atoms with Crippen LogP contribution < -0.4 is 0 Å². The topological polar surface area (TPSA) is 39.6 Å². The Morgan fingerprint density at radius 2 is 2.05 bits per heavy atom. The van der Waals surface area contributed by atoms with Crippen LogP contribution in [0, 0.1) is 5.95 Å². The average molecular weight is 298 g/mol. The van der Waals surface area contributed by atoms with Crippen LogP contribution in [0.25, 0.3) is 5.69 Å². The van der Waals surface area contributed by atoms with Crippen LogP contribution in [0.4, 0.5) is 13.2 Å². The Balaban J connectivity index is 2.01. The third-order valence-electron chi connectivity index (χ3n) is 3.17. The zero-order chi connectivity index (χ0) is 15.0. The fourth-order valence-corrected chi connectivity index (χ4v) is 2.18. The van der Waals surface area contributed by atoms with Gasteiger partial charge in [-0.2, -0.15) is 9.49 Å². The van der Waals surface area contributed by atoms with Crippen LogP contribution in [0.1, 0.15) is 30.7 Å². The summed E-state index contributed by atoms with van der Waals surface area (Å²) in [6.07, 6.45) is -4.40. The minimum absolute atomic E-state index is 0.229. The number of nitrogens with zero attached hydrogens (tertiary/aromatic N) is 2. The highest BCUT2D eigenvalue weighted by atomic mass is 19.3. The summed E-state index contributed by atoms with van der Waals surface area (Å²) in [5.41, 5.74) is -0.465. The van der Waals surface area contributed by atoms with Crippen molar-refractivity contribution in [1.82, 2.24) is 9.78 Å². The minimum Gasteiger partial charge on any atom is -0.350 e. The molecule has 0 bridgehead atoms. The van der Waals surface area contributed by atoms with E-state index in [2.05, 4.69) is 5.10 Å². The summed E-state index contributed by atoms with van der Waals surface area (Å²) in [6.45, 7) is 2.11. The van der Waals surface area contributed by atoms with Crippen LogP contribution in [-0.2, 0) is 9.47 Å². The van der Waals surface area contributed by atoms with Crippen LogP contribution in [-0.4, -0.2) is 22.7 Å². The van der Waals surface area contributed by atoms with Gasteiger partial charge < -0.3 is 9.47 Å². The van der Waals surface area contributed by atoms with Crippen LogP contribution in [0.15, 0.2) is 30.3 Å². The van der Waals surface area contributed by atoms with Crippen molar-refractivity contribution in [2.24, 2.45) is 0 Å². The summed E-state index contributed by atoms with van der Waals surface area (Å²) in [4.78, 5) is 0. The van der Waals surface area contributed by atoms with E-state index in [0.29, 0.717) is 12.3 Å². The molecule has 1 aliphatic heterocycles. The van der Waals surface area contributed by atoms with Crippen molar-refractivity contribution in [1.29, 1.82) is 0 Å². The number of hydrogen-bond acceptors (Lipinski definition) is 3. The molecule has 21 heavy (non-hydrogen) atoms. The predicted molar refractivity (Wildman–Crippen MR) is 67.7 cm³/mol. The normalized spacial score (nSPS) is 21.0. The molecule has 3 rings (SSSR count). The van der Waals surface area contributed by atoms with Gasteiger partial charge in [0.05, 0.1) is 11.3 Å². The smallest absolute Gasteiger partial charge is 0.282 e. The first kappa shape index (κ1) is 14.1. The first-order valence-corrected chi connectivity index (χ1v) is 6.52. The first-order chi connectivity index (χ1) is 10.1. The number of benzene rings is 1. The third-order valence-corrected chi connectivity index (χ3v) is 3.17. The lowest BCUT2D eigenvalue weighted by molar-refractivity contribution is 0.0593. The number of para-hydroxylation sites is 1. The van der Waals surface area contributed by atoms with E-state index >= 15 is 0 Å². The van der Waals surface area contributed by atoms with E-state index in [1.807, 2.05) is 0 Å². The number of aromatic nitrogens is 2. The number of halogens is 3. The molecule has 112 valence electrons. The van der Waals surface area contributed by atoms with E-state index in [1.165, 1.54) is 0 Å². The largest absolute Gasteiger partial charge is 0.350 e. The summed E-state index contributed by atoms with van der Waals surface area (Å²) >= 11 is 0. The van der Waals surface area contributed by atoms with Crippen molar-refractivity contribution in [2.75, 3.05) is 6.61 Å². The summed E-state index contributed by atoms with van der Waals surface area (Å²) in [6, 6.07) is 8.27. The Morgan fingerprint density at radius 1 is 1.33 bits per heavy atom. The van der Waals surface area contributed by atoms with Crippen LogP contribution in [0.3, 0.4) is 0 Å². The molecule has 1 saturated heterocycles. The highest BCUT2D eigenvalue weighted by Crippen LogP contribution is 2.44. The maximum absolute atomic E-state index is 14.5. The molecule has 1 fully saturated rings. The molecule has 0 N–H and O–H groups in total. The second-order valence-electron chi connectivity index (χ2n) is 4.52. The first-order valence-electron chi connectivity index (χ1n) is 6.52. The molecule has 7 heteroatoms. The molecule has 1 aromatic carbocycles. The maximum atomic E-state index is 14.5. The van der Waals surface area contributed by atoms with Gasteiger partial charge in [-0.15, -0.1) is 0 Å². The third kappa shape index (κ3) is 2.54. The van der Waals surface area contributed by atoms with Gasteiger partial charge in [-0.05, 0) is 19.1 Å². The zero-order valence-corrected chi connectivity index (χ0v) is 11.2. The molecule has 1 aromatic heterocycles. The van der Waals surface area contributed by atoms with E-state index in [9.17, 15) is 13.2 Å². The van der Waals surface area contributed by atoms with Gasteiger partial charge in [0.2, 0.25) is 5.95 Å². The van der Waals surface area contributed by atoms with Gasteiger partial charge in [0, 0.05) is 6.61 Å². The number of hydrogen-bond donors (Lipinski definition) is 0. The molecule has 2 heterocycles. The fraction of sp³-hybridized carbons (Fsp3) is 0.357. The van der Waals surface area contributed by atoms with Crippen LogP contribution in [0.2, 0.25) is 0 Å². The molecular weight excluding hydrogens is 285 g/mol. The van der Waals surface area contributed by atoms with E-state index in [4.69, 9.17) is 9.47 Å². The second kappa shape index (κ2) is 5.50. The molecule has 4 nitrogen and oxygen atoms in total. The zero-order valence-electron chi connectivity index (χ0n) is 11.2. The van der Waals surface area contributed by atoms with E-state index in [1.54, 1.807) is 37.3 Å². The fourth-order valence-electron chi connectivity index (χ4n) is 2.18. The monoisotopic (exact) mass is 298 g/mol. The van der Waals surface area contributed by atoms with Crippen LogP contribution in [0.5, 0.6) is 0 Å². The van der Waals surface area contributed by atoms with Crippen molar-refractivity contribution >= 4 is 0 Å². The van der Waals surface area contributed by atoms with Gasteiger partial charge in [-0.25, -0.2) is 13.5 Å². The Bertz CT molecular complexity index is 631. The van der Waals surface area contributed by atoms with E-state index in [0.717, 1.165) is 4.68 Å². The minimum atomic E-state index is -2.88. The highest BCUT2D eigenvalue weighted by molar-refractivity contribution is 5.36. The quantitative estimate of drug-likeness (QED) is 0.794. The lowest BCUT2D eigenvalue weighted by Gasteiger charge is -2.01. The van der Waals surface area contributed by atoms with Crippen molar-refractivity contribution in [2.45, 2.75) is 25.7 Å². The molecule has 2 unspecified atom stereocenters. The highest BCUT2D eigenvalue weighted by Gasteiger charge is 2.47. The van der Waals surface area contributed by atoms with E-state index < -0.39 is 30.5 Å². The van der Waals surface area contributed by atoms with Gasteiger partial charge in [0.15, 0.2) is 6.29 Å². The molecule has 0 saturated carbocycles. The number of epoxide rings is 1. The number of alkyl halides is 2. The van der Waals surface area contributed by atoms with Crippen molar-refractivity contribution < 1.29 is 22.6 Å². The van der Waals surface area contributed by atoms with Gasteiger partial charge in [0.1, 0.15) is 11.8 Å². The summed E-state index contributed by atoms with van der Waals surface area (Å²) in [5, 5.41) is 3.69. The number of ether oxygens (including phenoxy) is 2. The molecular formula is C14H13F3N2O2. The SMILES string of the molecule is CCOC1OC1c1c(C(F)F)nn(-c2ccccc2)c1F. The Hall–Kier alpha value is -1.86. The van der Waals surface area contributed by atoms with E-state index in [-0.39, 0.29) is 5.56 Å². The molecule has 0 amide bonds. The lowest BCUT2D eigenvalue weighted by Crippen LogP contribution is -2.01. The van der Waals surface area contributed by atoms with Gasteiger partial charge >= 0.3 is 0 Å². The molecule has 0 radical (unpaired) electrons. The molecule has 0 aliphatic carbocycles. The Labute approximate surface area is 119 Å². The summed E-state index contributed by atoms with van der Waals surface area (Å²) < 4.78 is 51.8. The van der Waals surface area contributed by atoms with Crippen molar-refractivity contribution in [3.8, 4) is 5.69 Å². The van der Waals surface area contributed by atoms with Gasteiger partial charge in [-0.1, -0.05) is 18.2 Å². The summed E-state index contributed by atoms with van der Waals surface area (Å²) in [5.74, 6) is -0.844. The Morgan fingerprint density at radius 3 is 2.67 bits per heavy atom. The van der Waals surface area contributed by atoms with Crippen LogP contribution >= 0.6 is 0 Å². The van der Waals surface area contributed by atoms with Gasteiger partial charge in [-0.3, -0.25) is 0 Å². The molecule has 2 aromatic rings. The summed E-state index contributed by atoms with van der Waals surface area (Å²) in [7, 11) is 0. The van der Waals surface area contributed by atoms with Gasteiger partial charge in [0.25, 0.3) is 6.43 Å². The number of rotatable bonds is 5. The molecule has 2 atom stereocenters. The molecule has 0 spiro atoms. The van der Waals surface area contributed by atoms with Crippen molar-refractivity contribution in [3.05, 3.63) is 47.5 Å². The predicted octanol–water partition coefficient (Wildman–Crippen LogP) is 3.38. The maximum Gasteiger partial charge on any atom is 0.282 e.